The highest BCUT2D eigenvalue weighted by Crippen LogP contribution is 2.23. The van der Waals surface area contributed by atoms with Crippen molar-refractivity contribution in [3.63, 3.8) is 0 Å². The predicted octanol–water partition coefficient (Wildman–Crippen LogP) is 2.75. The van der Waals surface area contributed by atoms with Crippen LogP contribution in [0.5, 0.6) is 0 Å². The molecule has 108 valence electrons. The summed E-state index contributed by atoms with van der Waals surface area (Å²) in [6.07, 6.45) is 4.49. The summed E-state index contributed by atoms with van der Waals surface area (Å²) in [7, 11) is 0. The molecule has 0 aliphatic heterocycles. The predicted molar refractivity (Wildman–Crippen MR) is 81.5 cm³/mol. The molecule has 1 heterocycles. The standard InChI is InChI=1S/C16H24N4/c1-3-10-20-16(18-12-19-20)11-15(17)14(4-2)13-8-6-5-7-9-13/h5-9,12,14-15H,3-4,10-11,17H2,1-2H3. The zero-order chi connectivity index (χ0) is 14.4. The molecule has 0 amide bonds. The van der Waals surface area contributed by atoms with Crippen molar-refractivity contribution >= 4 is 0 Å². The maximum Gasteiger partial charge on any atom is 0.138 e. The highest BCUT2D eigenvalue weighted by molar-refractivity contribution is 5.21. The van der Waals surface area contributed by atoms with Gasteiger partial charge in [-0.25, -0.2) is 4.98 Å². The van der Waals surface area contributed by atoms with Crippen molar-refractivity contribution in [2.75, 3.05) is 0 Å². The summed E-state index contributed by atoms with van der Waals surface area (Å²) >= 11 is 0. The van der Waals surface area contributed by atoms with Crippen molar-refractivity contribution < 1.29 is 0 Å². The third-order valence-electron chi connectivity index (χ3n) is 3.73. The molecule has 1 aromatic heterocycles. The smallest absolute Gasteiger partial charge is 0.138 e. The van der Waals surface area contributed by atoms with Gasteiger partial charge in [0.15, 0.2) is 0 Å². The largest absolute Gasteiger partial charge is 0.327 e. The molecule has 0 fully saturated rings. The fourth-order valence-corrected chi connectivity index (χ4v) is 2.68. The van der Waals surface area contributed by atoms with E-state index >= 15 is 0 Å². The molecule has 0 spiro atoms. The zero-order valence-electron chi connectivity index (χ0n) is 12.4. The lowest BCUT2D eigenvalue weighted by molar-refractivity contribution is 0.480. The third kappa shape index (κ3) is 3.45. The Labute approximate surface area is 121 Å². The van der Waals surface area contributed by atoms with Gasteiger partial charge in [0, 0.05) is 19.0 Å². The van der Waals surface area contributed by atoms with E-state index in [1.54, 1.807) is 6.33 Å². The Balaban J connectivity index is 2.09. The molecule has 2 aromatic rings. The summed E-state index contributed by atoms with van der Waals surface area (Å²) in [5.41, 5.74) is 7.74. The van der Waals surface area contributed by atoms with E-state index in [1.807, 2.05) is 10.7 Å². The van der Waals surface area contributed by atoms with Crippen molar-refractivity contribution in [2.45, 2.75) is 51.6 Å². The quantitative estimate of drug-likeness (QED) is 0.843. The SMILES string of the molecule is CCCn1ncnc1CC(N)C(CC)c1ccccc1. The van der Waals surface area contributed by atoms with E-state index < -0.39 is 0 Å². The second-order valence-corrected chi connectivity index (χ2v) is 5.19. The van der Waals surface area contributed by atoms with E-state index in [-0.39, 0.29) is 6.04 Å². The first kappa shape index (κ1) is 14.7. The first-order chi connectivity index (χ1) is 9.76. The molecular weight excluding hydrogens is 248 g/mol. The number of nitrogens with two attached hydrogens (primary N) is 1. The van der Waals surface area contributed by atoms with Crippen molar-refractivity contribution in [1.29, 1.82) is 0 Å². The van der Waals surface area contributed by atoms with Crippen molar-refractivity contribution in [1.82, 2.24) is 14.8 Å². The van der Waals surface area contributed by atoms with Crippen LogP contribution in [0.25, 0.3) is 0 Å². The van der Waals surface area contributed by atoms with Gasteiger partial charge >= 0.3 is 0 Å². The summed E-state index contributed by atoms with van der Waals surface area (Å²) in [5, 5.41) is 4.27. The van der Waals surface area contributed by atoms with Crippen LogP contribution in [-0.4, -0.2) is 20.8 Å². The molecule has 0 saturated heterocycles. The topological polar surface area (TPSA) is 56.7 Å². The fraction of sp³-hybridized carbons (Fsp3) is 0.500. The first-order valence-corrected chi connectivity index (χ1v) is 7.43. The summed E-state index contributed by atoms with van der Waals surface area (Å²) in [4.78, 5) is 4.36. The van der Waals surface area contributed by atoms with E-state index in [0.29, 0.717) is 5.92 Å². The number of rotatable bonds is 7. The van der Waals surface area contributed by atoms with Crippen molar-refractivity contribution in [3.8, 4) is 0 Å². The molecule has 0 aliphatic carbocycles. The summed E-state index contributed by atoms with van der Waals surface area (Å²) in [6.45, 7) is 5.24. The van der Waals surface area contributed by atoms with Crippen LogP contribution in [-0.2, 0) is 13.0 Å². The number of hydrogen-bond acceptors (Lipinski definition) is 3. The van der Waals surface area contributed by atoms with Gasteiger partial charge in [-0.3, -0.25) is 4.68 Å². The lowest BCUT2D eigenvalue weighted by Gasteiger charge is -2.23. The molecule has 2 unspecified atom stereocenters. The van der Waals surface area contributed by atoms with Gasteiger partial charge < -0.3 is 5.73 Å². The third-order valence-corrected chi connectivity index (χ3v) is 3.73. The van der Waals surface area contributed by atoms with Crippen LogP contribution in [0.15, 0.2) is 36.7 Å². The molecular formula is C16H24N4. The summed E-state index contributed by atoms with van der Waals surface area (Å²) < 4.78 is 1.97. The van der Waals surface area contributed by atoms with Gasteiger partial charge in [0.1, 0.15) is 12.2 Å². The number of nitrogens with zero attached hydrogens (tertiary/aromatic N) is 3. The normalized spacial score (nSPS) is 14.2. The summed E-state index contributed by atoms with van der Waals surface area (Å²) in [5.74, 6) is 1.36. The Hall–Kier alpha value is -1.68. The Morgan fingerprint density at radius 1 is 1.20 bits per heavy atom. The van der Waals surface area contributed by atoms with Crippen LogP contribution >= 0.6 is 0 Å². The van der Waals surface area contributed by atoms with E-state index in [9.17, 15) is 0 Å². The number of hydrogen-bond donors (Lipinski definition) is 1. The number of aromatic nitrogens is 3. The Morgan fingerprint density at radius 2 is 1.95 bits per heavy atom. The van der Waals surface area contributed by atoms with Crippen LogP contribution in [0.2, 0.25) is 0 Å². The molecule has 20 heavy (non-hydrogen) atoms. The van der Waals surface area contributed by atoms with Gasteiger partial charge in [-0.15, -0.1) is 0 Å². The van der Waals surface area contributed by atoms with Crippen LogP contribution < -0.4 is 5.73 Å². The van der Waals surface area contributed by atoms with Gasteiger partial charge in [-0.2, -0.15) is 5.10 Å². The van der Waals surface area contributed by atoms with E-state index in [1.165, 1.54) is 5.56 Å². The number of aryl methyl sites for hydroxylation is 1. The van der Waals surface area contributed by atoms with Crippen LogP contribution in [0.1, 0.15) is 44.0 Å². The number of benzene rings is 1. The average molecular weight is 272 g/mol. The van der Waals surface area contributed by atoms with E-state index in [2.05, 4.69) is 48.2 Å². The Kier molecular flexibility index (Phi) is 5.30. The van der Waals surface area contributed by atoms with Gasteiger partial charge in [0.05, 0.1) is 0 Å². The van der Waals surface area contributed by atoms with Gasteiger partial charge in [-0.05, 0) is 24.3 Å². The fourth-order valence-electron chi connectivity index (χ4n) is 2.68. The van der Waals surface area contributed by atoms with Gasteiger partial charge in [0.25, 0.3) is 0 Å². The minimum Gasteiger partial charge on any atom is -0.327 e. The molecule has 2 rings (SSSR count). The molecule has 2 atom stereocenters. The van der Waals surface area contributed by atoms with E-state index in [4.69, 9.17) is 5.73 Å². The van der Waals surface area contributed by atoms with Crippen molar-refractivity contribution in [3.05, 3.63) is 48.0 Å². The lowest BCUT2D eigenvalue weighted by Crippen LogP contribution is -2.31. The molecule has 0 bridgehead atoms. The molecule has 0 aliphatic rings. The van der Waals surface area contributed by atoms with Crippen LogP contribution in [0, 0.1) is 0 Å². The molecule has 4 nitrogen and oxygen atoms in total. The monoisotopic (exact) mass is 272 g/mol. The zero-order valence-corrected chi connectivity index (χ0v) is 12.4. The van der Waals surface area contributed by atoms with Gasteiger partial charge in [-0.1, -0.05) is 44.2 Å². The first-order valence-electron chi connectivity index (χ1n) is 7.43. The second-order valence-electron chi connectivity index (χ2n) is 5.19. The van der Waals surface area contributed by atoms with Gasteiger partial charge in [0.2, 0.25) is 0 Å². The van der Waals surface area contributed by atoms with Crippen LogP contribution in [0.3, 0.4) is 0 Å². The average Bonchev–Trinajstić information content (AvgIpc) is 2.88. The minimum atomic E-state index is 0.0715. The second kappa shape index (κ2) is 7.20. The highest BCUT2D eigenvalue weighted by atomic mass is 15.3. The lowest BCUT2D eigenvalue weighted by atomic mass is 9.88. The molecule has 4 heteroatoms. The molecule has 2 N–H and O–H groups in total. The maximum absolute atomic E-state index is 6.44. The Morgan fingerprint density at radius 3 is 2.60 bits per heavy atom. The Bertz CT molecular complexity index is 506. The summed E-state index contributed by atoms with van der Waals surface area (Å²) in [6, 6.07) is 10.6. The minimum absolute atomic E-state index is 0.0715. The highest BCUT2D eigenvalue weighted by Gasteiger charge is 2.20. The molecule has 1 aromatic carbocycles. The van der Waals surface area contributed by atoms with Crippen LogP contribution in [0.4, 0.5) is 0 Å². The molecule has 0 saturated carbocycles. The van der Waals surface area contributed by atoms with Crippen molar-refractivity contribution in [2.24, 2.45) is 5.73 Å². The maximum atomic E-state index is 6.44. The van der Waals surface area contributed by atoms with E-state index in [0.717, 1.165) is 31.6 Å². The molecule has 0 radical (unpaired) electrons.